The first kappa shape index (κ1) is 9.65. The fourth-order valence-corrected chi connectivity index (χ4v) is 1.71. The second kappa shape index (κ2) is 4.09. The van der Waals surface area contributed by atoms with Crippen LogP contribution in [0.1, 0.15) is 5.56 Å². The Morgan fingerprint density at radius 3 is 2.67 bits per heavy atom. The lowest BCUT2D eigenvalue weighted by molar-refractivity contribution is 0.343. The molecule has 0 spiro atoms. The van der Waals surface area contributed by atoms with Crippen molar-refractivity contribution in [1.82, 2.24) is 5.01 Å². The first-order valence-corrected chi connectivity index (χ1v) is 4.82. The van der Waals surface area contributed by atoms with Gasteiger partial charge in [-0.3, -0.25) is 5.01 Å². The summed E-state index contributed by atoms with van der Waals surface area (Å²) in [6, 6.07) is 14.2. The van der Waals surface area contributed by atoms with Gasteiger partial charge in [0, 0.05) is 7.05 Å². The lowest BCUT2D eigenvalue weighted by atomic mass is 10.0. The summed E-state index contributed by atoms with van der Waals surface area (Å²) in [5.41, 5.74) is 1.12. The van der Waals surface area contributed by atoms with Crippen LogP contribution >= 0.6 is 0 Å². The zero-order chi connectivity index (χ0) is 10.7. The maximum Gasteiger partial charge on any atom is 0.0645 e. The summed E-state index contributed by atoms with van der Waals surface area (Å²) in [6.07, 6.45) is 0. The average molecular weight is 200 g/mol. The Balaban J connectivity index is 2.46. The molecule has 0 amide bonds. The highest BCUT2D eigenvalue weighted by Crippen LogP contribution is 2.19. The number of nitrogens with zero attached hydrogens (tertiary/aromatic N) is 2. The van der Waals surface area contributed by atoms with Crippen molar-refractivity contribution in [2.24, 2.45) is 5.29 Å². The van der Waals surface area contributed by atoms with Gasteiger partial charge in [-0.15, -0.1) is 4.91 Å². The van der Waals surface area contributed by atoms with Gasteiger partial charge in [-0.05, 0) is 16.3 Å². The van der Waals surface area contributed by atoms with Crippen LogP contribution in [-0.4, -0.2) is 12.1 Å². The van der Waals surface area contributed by atoms with Crippen molar-refractivity contribution in [3.8, 4) is 0 Å². The van der Waals surface area contributed by atoms with E-state index in [1.54, 1.807) is 7.05 Å². The zero-order valence-corrected chi connectivity index (χ0v) is 8.55. The summed E-state index contributed by atoms with van der Waals surface area (Å²) < 4.78 is 0. The number of hydrogen-bond acceptors (Lipinski definition) is 2. The molecule has 0 aromatic heterocycles. The van der Waals surface area contributed by atoms with E-state index >= 15 is 0 Å². The van der Waals surface area contributed by atoms with Crippen molar-refractivity contribution in [3.05, 3.63) is 52.9 Å². The molecule has 2 aromatic carbocycles. The largest absolute Gasteiger partial charge is 0.260 e. The molecule has 0 saturated heterocycles. The van der Waals surface area contributed by atoms with Crippen LogP contribution in [0.4, 0.5) is 0 Å². The molecule has 15 heavy (non-hydrogen) atoms. The van der Waals surface area contributed by atoms with Crippen LogP contribution < -0.4 is 0 Å². The molecule has 0 bridgehead atoms. The zero-order valence-electron chi connectivity index (χ0n) is 8.55. The first-order valence-electron chi connectivity index (χ1n) is 4.82. The predicted octanol–water partition coefficient (Wildman–Crippen LogP) is 2.95. The van der Waals surface area contributed by atoms with Gasteiger partial charge in [-0.25, -0.2) is 0 Å². The van der Waals surface area contributed by atoms with Crippen molar-refractivity contribution in [2.45, 2.75) is 6.54 Å². The summed E-state index contributed by atoms with van der Waals surface area (Å²) >= 11 is 0. The molecule has 3 heteroatoms. The van der Waals surface area contributed by atoms with Crippen LogP contribution in [0, 0.1) is 4.91 Å². The Morgan fingerprint density at radius 1 is 1.13 bits per heavy atom. The molecular formula is C12H12N2O. The van der Waals surface area contributed by atoms with E-state index in [0.717, 1.165) is 5.56 Å². The summed E-state index contributed by atoms with van der Waals surface area (Å²) in [4.78, 5) is 10.3. The van der Waals surface area contributed by atoms with E-state index in [2.05, 4.69) is 23.5 Å². The number of fused-ring (bicyclic) bond motifs is 1. The highest BCUT2D eigenvalue weighted by molar-refractivity contribution is 5.85. The van der Waals surface area contributed by atoms with Gasteiger partial charge in [0.1, 0.15) is 0 Å². The molecule has 0 fully saturated rings. The van der Waals surface area contributed by atoms with Gasteiger partial charge in [0.05, 0.1) is 11.8 Å². The van der Waals surface area contributed by atoms with Crippen LogP contribution in [0.3, 0.4) is 0 Å². The van der Waals surface area contributed by atoms with Gasteiger partial charge in [0.2, 0.25) is 0 Å². The second-order valence-corrected chi connectivity index (χ2v) is 3.54. The molecule has 2 rings (SSSR count). The number of hydrogen-bond donors (Lipinski definition) is 0. The molecular weight excluding hydrogens is 188 g/mol. The molecule has 76 valence electrons. The minimum atomic E-state index is 0.546. The lowest BCUT2D eigenvalue weighted by Gasteiger charge is -2.10. The minimum Gasteiger partial charge on any atom is -0.260 e. The Hall–Kier alpha value is -1.90. The molecule has 0 atom stereocenters. The Bertz CT molecular complexity index is 477. The molecule has 2 aromatic rings. The smallest absolute Gasteiger partial charge is 0.0645 e. The number of nitroso groups, excluding NO2 is 1. The Morgan fingerprint density at radius 2 is 1.87 bits per heavy atom. The van der Waals surface area contributed by atoms with E-state index in [0.29, 0.717) is 6.54 Å². The van der Waals surface area contributed by atoms with E-state index in [4.69, 9.17) is 0 Å². The van der Waals surface area contributed by atoms with Gasteiger partial charge in [-0.2, -0.15) is 0 Å². The van der Waals surface area contributed by atoms with E-state index in [-0.39, 0.29) is 0 Å². The van der Waals surface area contributed by atoms with Crippen LogP contribution in [0.2, 0.25) is 0 Å². The fraction of sp³-hybridized carbons (Fsp3) is 0.167. The van der Waals surface area contributed by atoms with Crippen molar-refractivity contribution < 1.29 is 0 Å². The number of benzene rings is 2. The molecule has 0 heterocycles. The third-order valence-corrected chi connectivity index (χ3v) is 2.42. The average Bonchev–Trinajstić information content (AvgIpc) is 2.29. The molecule has 0 saturated carbocycles. The maximum atomic E-state index is 10.3. The monoisotopic (exact) mass is 200 g/mol. The fourth-order valence-electron chi connectivity index (χ4n) is 1.71. The van der Waals surface area contributed by atoms with Crippen molar-refractivity contribution in [3.63, 3.8) is 0 Å². The van der Waals surface area contributed by atoms with Gasteiger partial charge in [0.25, 0.3) is 0 Å². The standard InChI is InChI=1S/C12H12N2O/c1-14(13-15)9-11-7-4-6-10-5-2-3-8-12(10)11/h2-8H,9H2,1H3. The quantitative estimate of drug-likeness (QED) is 0.563. The van der Waals surface area contributed by atoms with Crippen LogP contribution in [0.5, 0.6) is 0 Å². The van der Waals surface area contributed by atoms with Gasteiger partial charge >= 0.3 is 0 Å². The molecule has 0 radical (unpaired) electrons. The third-order valence-electron chi connectivity index (χ3n) is 2.42. The second-order valence-electron chi connectivity index (χ2n) is 3.54. The SMILES string of the molecule is CN(Cc1cccc2ccccc12)N=O. The minimum absolute atomic E-state index is 0.546. The molecule has 0 aliphatic rings. The van der Waals surface area contributed by atoms with Gasteiger partial charge in [0.15, 0.2) is 0 Å². The highest BCUT2D eigenvalue weighted by Gasteiger charge is 2.02. The number of rotatable bonds is 3. The summed E-state index contributed by atoms with van der Waals surface area (Å²) in [6.45, 7) is 0.546. The third kappa shape index (κ3) is 1.96. The molecule has 0 unspecified atom stereocenters. The summed E-state index contributed by atoms with van der Waals surface area (Å²) in [7, 11) is 1.68. The highest BCUT2D eigenvalue weighted by atomic mass is 16.3. The lowest BCUT2D eigenvalue weighted by Crippen LogP contribution is -2.09. The van der Waals surface area contributed by atoms with Crippen molar-refractivity contribution >= 4 is 10.8 Å². The van der Waals surface area contributed by atoms with Crippen LogP contribution in [-0.2, 0) is 6.54 Å². The molecule has 0 N–H and O–H groups in total. The summed E-state index contributed by atoms with van der Waals surface area (Å²) in [5.74, 6) is 0. The molecule has 0 aliphatic heterocycles. The molecule has 3 nitrogen and oxygen atoms in total. The van der Waals surface area contributed by atoms with E-state index in [1.165, 1.54) is 15.8 Å². The van der Waals surface area contributed by atoms with Crippen LogP contribution in [0.25, 0.3) is 10.8 Å². The molecule has 0 aliphatic carbocycles. The first-order chi connectivity index (χ1) is 7.31. The van der Waals surface area contributed by atoms with Gasteiger partial charge < -0.3 is 0 Å². The van der Waals surface area contributed by atoms with E-state index < -0.39 is 0 Å². The van der Waals surface area contributed by atoms with Gasteiger partial charge in [-0.1, -0.05) is 42.5 Å². The normalized spacial score (nSPS) is 10.2. The predicted molar refractivity (Wildman–Crippen MR) is 61.2 cm³/mol. The van der Waals surface area contributed by atoms with E-state index in [1.807, 2.05) is 24.3 Å². The maximum absolute atomic E-state index is 10.3. The van der Waals surface area contributed by atoms with Crippen LogP contribution in [0.15, 0.2) is 47.8 Å². The van der Waals surface area contributed by atoms with E-state index in [9.17, 15) is 4.91 Å². The summed E-state index contributed by atoms with van der Waals surface area (Å²) in [5, 5.41) is 6.63. The van der Waals surface area contributed by atoms with Crippen molar-refractivity contribution in [2.75, 3.05) is 7.05 Å². The Kier molecular flexibility index (Phi) is 2.63. The van der Waals surface area contributed by atoms with Crippen molar-refractivity contribution in [1.29, 1.82) is 0 Å². The Labute approximate surface area is 88.3 Å². The topological polar surface area (TPSA) is 32.7 Å².